The second-order valence-electron chi connectivity index (χ2n) is 7.67. The van der Waals surface area contributed by atoms with Crippen LogP contribution in [0.2, 0.25) is 0 Å². The summed E-state index contributed by atoms with van der Waals surface area (Å²) in [4.78, 5) is 18.2. The Bertz CT molecular complexity index is 1050. The second-order valence-corrected chi connectivity index (χ2v) is 7.67. The number of ether oxygens (including phenoxy) is 2. The molecule has 1 aliphatic rings. The number of rotatable bonds is 6. The highest BCUT2D eigenvalue weighted by Crippen LogP contribution is 2.38. The molecule has 156 valence electrons. The number of carboxylic acid groups (broad SMARTS) is 1. The molecule has 0 bridgehead atoms. The van der Waals surface area contributed by atoms with Gasteiger partial charge in [0, 0.05) is 24.3 Å². The number of hydrogen-bond acceptors (Lipinski definition) is 5. The van der Waals surface area contributed by atoms with E-state index in [1.54, 1.807) is 20.4 Å². The van der Waals surface area contributed by atoms with Gasteiger partial charge in [0.05, 0.1) is 26.2 Å². The first-order chi connectivity index (χ1) is 14.6. The van der Waals surface area contributed by atoms with Gasteiger partial charge in [-0.15, -0.1) is 0 Å². The number of nitrogens with zero attached hydrogens (tertiary/aromatic N) is 2. The molecule has 6 nitrogen and oxygen atoms in total. The molecule has 2 heterocycles. The average molecular weight is 406 g/mol. The fourth-order valence-corrected chi connectivity index (χ4v) is 4.35. The number of carboxylic acids is 1. The van der Waals surface area contributed by atoms with E-state index in [9.17, 15) is 9.90 Å². The average Bonchev–Trinajstić information content (AvgIpc) is 2.79. The van der Waals surface area contributed by atoms with Crippen LogP contribution in [0.1, 0.15) is 30.0 Å². The summed E-state index contributed by atoms with van der Waals surface area (Å²) >= 11 is 0. The van der Waals surface area contributed by atoms with Crippen molar-refractivity contribution in [3.05, 3.63) is 66.0 Å². The van der Waals surface area contributed by atoms with E-state index in [0.717, 1.165) is 34.9 Å². The van der Waals surface area contributed by atoms with Crippen LogP contribution >= 0.6 is 0 Å². The summed E-state index contributed by atoms with van der Waals surface area (Å²) in [5.74, 6) is 0.254. The van der Waals surface area contributed by atoms with E-state index in [0.29, 0.717) is 24.5 Å². The van der Waals surface area contributed by atoms with Crippen LogP contribution in [0.3, 0.4) is 0 Å². The molecule has 0 spiro atoms. The summed E-state index contributed by atoms with van der Waals surface area (Å²) < 4.78 is 10.9. The van der Waals surface area contributed by atoms with Crippen molar-refractivity contribution in [3.8, 4) is 11.5 Å². The minimum atomic E-state index is -0.727. The van der Waals surface area contributed by atoms with Gasteiger partial charge < -0.3 is 14.6 Å². The van der Waals surface area contributed by atoms with Crippen molar-refractivity contribution in [2.24, 2.45) is 5.92 Å². The lowest BCUT2D eigenvalue weighted by Gasteiger charge is -2.38. The third-order valence-electron chi connectivity index (χ3n) is 5.87. The molecule has 30 heavy (non-hydrogen) atoms. The van der Waals surface area contributed by atoms with Gasteiger partial charge in [-0.05, 0) is 60.2 Å². The van der Waals surface area contributed by atoms with E-state index >= 15 is 0 Å². The molecule has 1 fully saturated rings. The molecule has 2 atom stereocenters. The van der Waals surface area contributed by atoms with E-state index in [2.05, 4.69) is 28.1 Å². The number of piperidine rings is 1. The number of likely N-dealkylation sites (tertiary alicyclic amines) is 1. The predicted octanol–water partition coefficient (Wildman–Crippen LogP) is 4.14. The van der Waals surface area contributed by atoms with Crippen LogP contribution in [-0.2, 0) is 4.79 Å². The molecule has 1 aliphatic heterocycles. The molecule has 4 rings (SSSR count). The van der Waals surface area contributed by atoms with Gasteiger partial charge in [0.15, 0.2) is 11.5 Å². The van der Waals surface area contributed by atoms with Crippen LogP contribution in [0, 0.1) is 5.92 Å². The van der Waals surface area contributed by atoms with Crippen molar-refractivity contribution in [3.63, 3.8) is 0 Å². The minimum absolute atomic E-state index is 0.0791. The number of aliphatic carboxylic acids is 1. The molecule has 1 saturated heterocycles. The zero-order chi connectivity index (χ0) is 21.1. The summed E-state index contributed by atoms with van der Waals surface area (Å²) in [5, 5.41) is 11.8. The number of fused-ring (bicyclic) bond motifs is 1. The third kappa shape index (κ3) is 3.96. The number of aromatic nitrogens is 1. The maximum atomic E-state index is 11.7. The summed E-state index contributed by atoms with van der Waals surface area (Å²) in [6.07, 6.45) is 5.22. The lowest BCUT2D eigenvalue weighted by Crippen LogP contribution is -2.41. The van der Waals surface area contributed by atoms with Gasteiger partial charge in [0.2, 0.25) is 0 Å². The van der Waals surface area contributed by atoms with Crippen LogP contribution < -0.4 is 9.47 Å². The van der Waals surface area contributed by atoms with Crippen LogP contribution in [0.5, 0.6) is 11.5 Å². The summed E-state index contributed by atoms with van der Waals surface area (Å²) in [6.45, 7) is 1.36. The van der Waals surface area contributed by atoms with E-state index in [-0.39, 0.29) is 12.0 Å². The molecule has 2 unspecified atom stereocenters. The normalized spacial score (nSPS) is 18.1. The zero-order valence-corrected chi connectivity index (χ0v) is 17.2. The van der Waals surface area contributed by atoms with Crippen molar-refractivity contribution in [1.29, 1.82) is 0 Å². The summed E-state index contributed by atoms with van der Waals surface area (Å²) in [6, 6.07) is 14.2. The Morgan fingerprint density at radius 1 is 1.07 bits per heavy atom. The zero-order valence-electron chi connectivity index (χ0n) is 17.2. The molecular formula is C24H26N2O4. The molecule has 1 aromatic heterocycles. The van der Waals surface area contributed by atoms with E-state index in [4.69, 9.17) is 9.47 Å². The van der Waals surface area contributed by atoms with Gasteiger partial charge in [0.25, 0.3) is 0 Å². The molecule has 3 aromatic rings. The first-order valence-corrected chi connectivity index (χ1v) is 10.1. The van der Waals surface area contributed by atoms with Crippen LogP contribution in [0.15, 0.2) is 54.9 Å². The maximum Gasteiger partial charge on any atom is 0.307 e. The van der Waals surface area contributed by atoms with Gasteiger partial charge in [-0.1, -0.05) is 18.2 Å². The first-order valence-electron chi connectivity index (χ1n) is 10.1. The minimum Gasteiger partial charge on any atom is -0.493 e. The highest BCUT2D eigenvalue weighted by atomic mass is 16.5. The molecule has 6 heteroatoms. The lowest BCUT2D eigenvalue weighted by molar-refractivity contribution is -0.143. The Balaban J connectivity index is 1.80. The number of pyridine rings is 1. The van der Waals surface area contributed by atoms with Crippen molar-refractivity contribution in [2.45, 2.75) is 18.9 Å². The van der Waals surface area contributed by atoms with Crippen molar-refractivity contribution in [1.82, 2.24) is 9.88 Å². The Kier molecular flexibility index (Phi) is 5.86. The topological polar surface area (TPSA) is 71.9 Å². The van der Waals surface area contributed by atoms with Gasteiger partial charge in [-0.2, -0.15) is 0 Å². The van der Waals surface area contributed by atoms with Gasteiger partial charge in [-0.3, -0.25) is 14.7 Å². The molecule has 0 amide bonds. The molecular weight excluding hydrogens is 380 g/mol. The van der Waals surface area contributed by atoms with Crippen molar-refractivity contribution < 1.29 is 19.4 Å². The smallest absolute Gasteiger partial charge is 0.307 e. The summed E-state index contributed by atoms with van der Waals surface area (Å²) in [5.41, 5.74) is 2.17. The quantitative estimate of drug-likeness (QED) is 0.663. The summed E-state index contributed by atoms with van der Waals surface area (Å²) in [7, 11) is 3.25. The number of benzene rings is 2. The second kappa shape index (κ2) is 8.71. The van der Waals surface area contributed by atoms with Crippen molar-refractivity contribution in [2.75, 3.05) is 27.3 Å². The maximum absolute atomic E-state index is 11.7. The molecule has 1 N–H and O–H groups in total. The Hall–Kier alpha value is -3.12. The standard InChI is InChI=1S/C24H26N2O4/c1-29-21-8-7-18(13-22(21)30-2)23(26-11-3-4-20(15-26)24(27)28)17-5-6-19-14-25-10-9-16(19)12-17/h5-10,12-14,20,23H,3-4,11,15H2,1-2H3,(H,27,28). The van der Waals surface area contributed by atoms with Crippen LogP contribution in [0.4, 0.5) is 0 Å². The monoisotopic (exact) mass is 406 g/mol. The predicted molar refractivity (Wildman–Crippen MR) is 115 cm³/mol. The molecule has 0 radical (unpaired) electrons. The van der Waals surface area contributed by atoms with E-state index in [1.165, 1.54) is 0 Å². The van der Waals surface area contributed by atoms with Gasteiger partial charge >= 0.3 is 5.97 Å². The fraction of sp³-hybridized carbons (Fsp3) is 0.333. The Morgan fingerprint density at radius 2 is 1.83 bits per heavy atom. The number of carbonyl (C=O) groups is 1. The number of hydrogen-bond donors (Lipinski definition) is 1. The Morgan fingerprint density at radius 3 is 2.60 bits per heavy atom. The molecule has 2 aromatic carbocycles. The third-order valence-corrected chi connectivity index (χ3v) is 5.87. The Labute approximate surface area is 176 Å². The van der Waals surface area contributed by atoms with E-state index < -0.39 is 5.97 Å². The largest absolute Gasteiger partial charge is 0.493 e. The SMILES string of the molecule is COc1ccc(C(c2ccc3cnccc3c2)N2CCCC(C(=O)O)C2)cc1OC. The molecule has 0 saturated carbocycles. The van der Waals surface area contributed by atoms with Crippen molar-refractivity contribution >= 4 is 16.7 Å². The molecule has 0 aliphatic carbocycles. The lowest BCUT2D eigenvalue weighted by atomic mass is 9.90. The van der Waals surface area contributed by atoms with Crippen LogP contribution in [0.25, 0.3) is 10.8 Å². The highest BCUT2D eigenvalue weighted by molar-refractivity contribution is 5.82. The van der Waals surface area contributed by atoms with Gasteiger partial charge in [-0.25, -0.2) is 0 Å². The van der Waals surface area contributed by atoms with E-state index in [1.807, 2.05) is 30.5 Å². The number of methoxy groups -OCH3 is 2. The first kappa shape index (κ1) is 20.2. The van der Waals surface area contributed by atoms with Gasteiger partial charge in [0.1, 0.15) is 0 Å². The highest BCUT2D eigenvalue weighted by Gasteiger charge is 2.31. The van der Waals surface area contributed by atoms with Crippen LogP contribution in [-0.4, -0.2) is 48.3 Å². The fourth-order valence-electron chi connectivity index (χ4n) is 4.35.